The van der Waals surface area contributed by atoms with E-state index in [1.165, 1.54) is 0 Å². The molecule has 0 saturated heterocycles. The average molecular weight is 331 g/mol. The van der Waals surface area contributed by atoms with Crippen LogP contribution in [0, 0.1) is 0 Å². The predicted molar refractivity (Wildman–Crippen MR) is 63.6 cm³/mol. The van der Waals surface area contributed by atoms with Crippen LogP contribution in [0.3, 0.4) is 0 Å². The van der Waals surface area contributed by atoms with Gasteiger partial charge in [0.05, 0.1) is 20.0 Å². The van der Waals surface area contributed by atoms with Gasteiger partial charge < -0.3 is 22.9 Å². The molecule has 0 amide bonds. The van der Waals surface area contributed by atoms with Crippen LogP contribution in [0.25, 0.3) is 0 Å². The smallest absolute Gasteiger partial charge is 1.00 e. The van der Waals surface area contributed by atoms with Crippen LogP contribution in [0.4, 0.5) is 0 Å². The number of aliphatic carboxylic acids is 2. The van der Waals surface area contributed by atoms with E-state index >= 15 is 0 Å². The van der Waals surface area contributed by atoms with Gasteiger partial charge in [-0.05, 0) is 0 Å². The summed E-state index contributed by atoms with van der Waals surface area (Å²) in [6.07, 6.45) is -1.96. The minimum atomic E-state index is -4.67. The number of rotatable bonds is 5. The second-order valence-corrected chi connectivity index (χ2v) is 4.00. The van der Waals surface area contributed by atoms with E-state index in [0.717, 1.165) is 7.11 Å². The second-order valence-electron chi connectivity index (χ2n) is 3.11. The van der Waals surface area contributed by atoms with Gasteiger partial charge in [0.25, 0.3) is 0 Å². The van der Waals surface area contributed by atoms with Gasteiger partial charge >= 0.3 is 51.4 Å². The molecule has 13 heteroatoms. The molecule has 0 saturated carbocycles. The van der Waals surface area contributed by atoms with Crippen LogP contribution < -0.4 is 0 Å². The summed E-state index contributed by atoms with van der Waals surface area (Å²) in [6.45, 7) is 0. The fourth-order valence-corrected chi connectivity index (χ4v) is 0.775. The predicted octanol–water partition coefficient (Wildman–Crippen LogP) is -1.97. The zero-order valence-electron chi connectivity index (χ0n) is 12.2. The van der Waals surface area contributed by atoms with Gasteiger partial charge in [-0.2, -0.15) is 8.42 Å². The number of aliphatic hydroxyl groups is 1. The molecule has 0 fully saturated rings. The molecule has 0 aromatic rings. The molecule has 0 aromatic carbocycles. The minimum absolute atomic E-state index is 0. The fraction of sp³-hybridized carbons (Fsp3) is 0.571. The Bertz CT molecular complexity index is 445. The number of carboxylic acids is 2. The Balaban J connectivity index is -0.000000105. The molecule has 116 valence electrons. The summed E-state index contributed by atoms with van der Waals surface area (Å²) >= 11 is 0. The Hall–Kier alpha value is -0.994. The molecule has 0 heterocycles. The molecule has 0 aromatic heterocycles. The summed E-state index contributed by atoms with van der Waals surface area (Å²) in [5.41, 5.74) is -2.61. The average Bonchev–Trinajstić information content (AvgIpc) is 2.13. The van der Waals surface area contributed by atoms with Gasteiger partial charge in [-0.25, -0.2) is 4.79 Å². The number of esters is 1. The van der Waals surface area contributed by atoms with E-state index in [9.17, 15) is 19.5 Å². The van der Waals surface area contributed by atoms with E-state index < -0.39 is 46.7 Å². The van der Waals surface area contributed by atoms with E-state index in [-0.39, 0.29) is 25.9 Å². The van der Waals surface area contributed by atoms with Gasteiger partial charge in [0.2, 0.25) is 0 Å². The number of ether oxygens (including phenoxy) is 1. The first-order valence-corrected chi connectivity index (χ1v) is 5.66. The van der Waals surface area contributed by atoms with Gasteiger partial charge in [-0.1, -0.05) is 0 Å². The van der Waals surface area contributed by atoms with Crippen LogP contribution in [-0.2, 0) is 29.5 Å². The van der Waals surface area contributed by atoms with Crippen LogP contribution in [0.5, 0.6) is 0 Å². The number of carbonyl (C=O) groups excluding carboxylic acids is 1. The SMILES string of the molecule is COC(=O)CC(O)(CC(=O)O)C(=O)O.O=S(=O)(O)O.[H-].[H-].[Mg+2]. The molecule has 1 atom stereocenters. The van der Waals surface area contributed by atoms with Gasteiger partial charge in [0, 0.05) is 0 Å². The van der Waals surface area contributed by atoms with Crippen LogP contribution in [0.1, 0.15) is 15.7 Å². The van der Waals surface area contributed by atoms with Gasteiger partial charge in [-0.3, -0.25) is 18.7 Å². The zero-order chi connectivity index (χ0) is 15.9. The first-order chi connectivity index (χ1) is 8.31. The summed E-state index contributed by atoms with van der Waals surface area (Å²) in [4.78, 5) is 31.4. The van der Waals surface area contributed by atoms with Gasteiger partial charge in [0.1, 0.15) is 0 Å². The van der Waals surface area contributed by atoms with Gasteiger partial charge in [-0.15, -0.1) is 0 Å². The van der Waals surface area contributed by atoms with E-state index in [1.54, 1.807) is 0 Å². The van der Waals surface area contributed by atoms with Crippen molar-refractivity contribution in [3.63, 3.8) is 0 Å². The zero-order valence-corrected chi connectivity index (χ0v) is 12.4. The molecule has 11 nitrogen and oxygen atoms in total. The van der Waals surface area contributed by atoms with E-state index in [2.05, 4.69) is 4.74 Å². The van der Waals surface area contributed by atoms with E-state index in [4.69, 9.17) is 27.7 Å². The largest absolute Gasteiger partial charge is 2.00 e. The van der Waals surface area contributed by atoms with Crippen molar-refractivity contribution in [3.8, 4) is 0 Å². The molecule has 0 aliphatic carbocycles. The van der Waals surface area contributed by atoms with Crippen molar-refractivity contribution in [2.75, 3.05) is 7.11 Å². The first-order valence-electron chi connectivity index (χ1n) is 4.26. The monoisotopic (exact) mass is 330 g/mol. The quantitative estimate of drug-likeness (QED) is 0.213. The topological polar surface area (TPSA) is 196 Å². The van der Waals surface area contributed by atoms with Crippen molar-refractivity contribution in [3.05, 3.63) is 0 Å². The van der Waals surface area contributed by atoms with Crippen molar-refractivity contribution in [1.29, 1.82) is 0 Å². The molecule has 0 spiro atoms. The number of hydrogen-bond donors (Lipinski definition) is 5. The Kier molecular flexibility index (Phi) is 11.8. The molecule has 20 heavy (non-hydrogen) atoms. The van der Waals surface area contributed by atoms with E-state index in [1.807, 2.05) is 0 Å². The molecule has 0 radical (unpaired) electrons. The van der Waals surface area contributed by atoms with Crippen molar-refractivity contribution < 1.29 is 54.8 Å². The summed E-state index contributed by atoms with van der Waals surface area (Å²) in [5.74, 6) is -4.28. The second kappa shape index (κ2) is 9.84. The van der Waals surface area contributed by atoms with Crippen LogP contribution in [0.15, 0.2) is 0 Å². The molecule has 5 N–H and O–H groups in total. The van der Waals surface area contributed by atoms with Crippen molar-refractivity contribution in [1.82, 2.24) is 0 Å². The molecular weight excluding hydrogens is 316 g/mol. The number of carboxylic acid groups (broad SMARTS) is 2. The number of carbonyl (C=O) groups is 3. The Morgan fingerprint density at radius 1 is 1.15 bits per heavy atom. The summed E-state index contributed by atoms with van der Waals surface area (Å²) < 4.78 is 35.7. The Labute approximate surface area is 132 Å². The molecule has 0 aliphatic rings. The fourth-order valence-electron chi connectivity index (χ4n) is 0.775. The maximum absolute atomic E-state index is 10.7. The van der Waals surface area contributed by atoms with Gasteiger partial charge in [0.15, 0.2) is 5.60 Å². The Morgan fingerprint density at radius 2 is 1.50 bits per heavy atom. The standard InChI is InChI=1S/C7H10O7.Mg.H2O4S.2H/c1-14-5(10)3-7(13,6(11)12)2-4(8)9;;1-5(2,3)4;;/h13H,2-3H2,1H3,(H,8,9)(H,11,12);;(H2,1,2,3,4);;/q;+2;;2*-1. The third-order valence-electron chi connectivity index (χ3n) is 1.51. The molecule has 1 unspecified atom stereocenters. The third-order valence-corrected chi connectivity index (χ3v) is 1.51. The number of hydrogen-bond acceptors (Lipinski definition) is 7. The van der Waals surface area contributed by atoms with Crippen LogP contribution in [0.2, 0.25) is 0 Å². The maximum Gasteiger partial charge on any atom is 2.00 e. The summed E-state index contributed by atoms with van der Waals surface area (Å²) in [5, 5.41) is 26.1. The number of methoxy groups -OCH3 is 1. The third kappa shape index (κ3) is 15.1. The minimum Gasteiger partial charge on any atom is -1.00 e. The maximum atomic E-state index is 10.7. The summed E-state index contributed by atoms with van der Waals surface area (Å²) in [6, 6.07) is 0. The van der Waals surface area contributed by atoms with Crippen LogP contribution >= 0.6 is 0 Å². The molecular formula is C7H14MgO11S. The normalized spacial score (nSPS) is 12.8. The van der Waals surface area contributed by atoms with Crippen molar-refractivity contribution in [2.45, 2.75) is 18.4 Å². The van der Waals surface area contributed by atoms with Crippen molar-refractivity contribution >= 4 is 51.4 Å². The first kappa shape index (κ1) is 24.1. The molecule has 0 rings (SSSR count). The molecule has 0 aliphatic heterocycles. The van der Waals surface area contributed by atoms with E-state index in [0.29, 0.717) is 0 Å². The Morgan fingerprint density at radius 3 is 1.70 bits per heavy atom. The summed E-state index contributed by atoms with van der Waals surface area (Å²) in [7, 11) is -3.66. The molecule has 0 bridgehead atoms. The van der Waals surface area contributed by atoms with Crippen molar-refractivity contribution in [2.24, 2.45) is 0 Å². The van der Waals surface area contributed by atoms with Crippen LogP contribution in [-0.4, -0.2) is 86.5 Å².